The summed E-state index contributed by atoms with van der Waals surface area (Å²) in [6.07, 6.45) is 0.0479. The summed E-state index contributed by atoms with van der Waals surface area (Å²) in [4.78, 5) is 4.30. The number of rotatable bonds is 3. The van der Waals surface area contributed by atoms with Gasteiger partial charge in [-0.1, -0.05) is 0 Å². The van der Waals surface area contributed by atoms with Crippen LogP contribution in [0.15, 0.2) is 18.2 Å². The molecule has 0 unspecified atom stereocenters. The zero-order valence-electron chi connectivity index (χ0n) is 10.5. The van der Waals surface area contributed by atoms with Crippen molar-refractivity contribution in [2.75, 3.05) is 0 Å². The molecule has 5 heteroatoms. The van der Waals surface area contributed by atoms with Crippen LogP contribution in [0.5, 0.6) is 5.75 Å². The van der Waals surface area contributed by atoms with E-state index in [1.807, 2.05) is 32.9 Å². The number of hydrogen-bond donors (Lipinski definition) is 0. The fraction of sp³-hybridized carbons (Fsp3) is 0.308. The van der Waals surface area contributed by atoms with Gasteiger partial charge in [-0.15, -0.1) is 0 Å². The lowest BCUT2D eigenvalue weighted by molar-refractivity contribution is 0.242. The number of hydrogen-bond acceptors (Lipinski definition) is 5. The van der Waals surface area contributed by atoms with E-state index in [1.54, 1.807) is 6.07 Å². The average Bonchev–Trinajstić information content (AvgIpc) is 2.75. The molecule has 0 N–H and O–H groups in total. The summed E-state index contributed by atoms with van der Waals surface area (Å²) in [6.45, 7) is 5.72. The molecular weight excluding hydrogens is 246 g/mol. The fourth-order valence-electron chi connectivity index (χ4n) is 1.52. The quantitative estimate of drug-likeness (QED) is 0.849. The molecule has 0 saturated carbocycles. The third kappa shape index (κ3) is 2.66. The number of benzene rings is 1. The Kier molecular flexibility index (Phi) is 3.58. The van der Waals surface area contributed by atoms with E-state index in [0.29, 0.717) is 11.3 Å². The van der Waals surface area contributed by atoms with Gasteiger partial charge in [0.15, 0.2) is 0 Å². The number of nitrogens with zero attached hydrogens (tertiary/aromatic N) is 3. The zero-order chi connectivity index (χ0) is 13.1. The largest absolute Gasteiger partial charge is 0.490 e. The summed E-state index contributed by atoms with van der Waals surface area (Å²) >= 11 is 1.33. The minimum atomic E-state index is 0.0479. The molecule has 2 aromatic rings. The predicted octanol–water partition coefficient (Wildman–Crippen LogP) is 3.17. The van der Waals surface area contributed by atoms with E-state index >= 15 is 0 Å². The molecule has 92 valence electrons. The molecule has 0 radical (unpaired) electrons. The molecule has 0 aliphatic rings. The normalized spacial score (nSPS) is 10.4. The molecular formula is C13H13N3OS. The highest BCUT2D eigenvalue weighted by molar-refractivity contribution is 7.09. The van der Waals surface area contributed by atoms with Gasteiger partial charge in [-0.2, -0.15) is 9.64 Å². The topological polar surface area (TPSA) is 58.8 Å². The second kappa shape index (κ2) is 5.15. The molecule has 0 aliphatic carbocycles. The summed E-state index contributed by atoms with van der Waals surface area (Å²) in [7, 11) is 0. The first-order valence-corrected chi connectivity index (χ1v) is 6.39. The van der Waals surface area contributed by atoms with Crippen LogP contribution in [0.2, 0.25) is 0 Å². The Morgan fingerprint density at radius 1 is 1.39 bits per heavy atom. The second-order valence-electron chi connectivity index (χ2n) is 4.14. The Hall–Kier alpha value is -1.93. The van der Waals surface area contributed by atoms with Crippen LogP contribution in [-0.2, 0) is 0 Å². The number of ether oxygens (including phenoxy) is 1. The van der Waals surface area contributed by atoms with Crippen molar-refractivity contribution >= 4 is 11.5 Å². The lowest BCUT2D eigenvalue weighted by atomic mass is 10.1. The van der Waals surface area contributed by atoms with E-state index in [-0.39, 0.29) is 6.10 Å². The fourth-order valence-corrected chi connectivity index (χ4v) is 2.19. The van der Waals surface area contributed by atoms with Crippen molar-refractivity contribution in [1.29, 1.82) is 5.26 Å². The van der Waals surface area contributed by atoms with Gasteiger partial charge in [0.2, 0.25) is 0 Å². The van der Waals surface area contributed by atoms with Crippen LogP contribution in [-0.4, -0.2) is 15.5 Å². The molecule has 1 heterocycles. The molecule has 0 atom stereocenters. The molecule has 1 aromatic carbocycles. The van der Waals surface area contributed by atoms with E-state index in [0.717, 1.165) is 16.4 Å². The first kappa shape index (κ1) is 12.5. The highest BCUT2D eigenvalue weighted by Gasteiger charge is 2.10. The first-order valence-electron chi connectivity index (χ1n) is 5.61. The lowest BCUT2D eigenvalue weighted by Gasteiger charge is -2.11. The molecule has 0 amide bonds. The standard InChI is InChI=1S/C13H13N3OS/c1-8(2)17-12-5-4-10(6-11(12)7-14)13-15-9(3)16-18-13/h4-6,8H,1-3H3. The molecule has 4 nitrogen and oxygen atoms in total. The number of aryl methyl sites for hydroxylation is 1. The van der Waals surface area contributed by atoms with Gasteiger partial charge < -0.3 is 4.74 Å². The number of nitriles is 1. The second-order valence-corrected chi connectivity index (χ2v) is 4.89. The van der Waals surface area contributed by atoms with Crippen molar-refractivity contribution in [3.05, 3.63) is 29.6 Å². The Morgan fingerprint density at radius 2 is 2.17 bits per heavy atom. The monoisotopic (exact) mass is 259 g/mol. The van der Waals surface area contributed by atoms with E-state index in [2.05, 4.69) is 15.4 Å². The van der Waals surface area contributed by atoms with Crippen molar-refractivity contribution in [2.45, 2.75) is 26.9 Å². The molecule has 18 heavy (non-hydrogen) atoms. The van der Waals surface area contributed by atoms with Gasteiger partial charge >= 0.3 is 0 Å². The maximum absolute atomic E-state index is 9.15. The Bertz CT molecular complexity index is 599. The van der Waals surface area contributed by atoms with Gasteiger partial charge in [-0.3, -0.25) is 0 Å². The van der Waals surface area contributed by atoms with Gasteiger partial charge in [-0.05, 0) is 50.5 Å². The molecule has 2 rings (SSSR count). The summed E-state index contributed by atoms with van der Waals surface area (Å²) < 4.78 is 9.71. The van der Waals surface area contributed by atoms with Crippen LogP contribution < -0.4 is 4.74 Å². The smallest absolute Gasteiger partial charge is 0.144 e. The summed E-state index contributed by atoms with van der Waals surface area (Å²) in [6, 6.07) is 7.65. The molecule has 0 spiro atoms. The van der Waals surface area contributed by atoms with Gasteiger partial charge in [0.05, 0.1) is 11.7 Å². The highest BCUT2D eigenvalue weighted by atomic mass is 32.1. The van der Waals surface area contributed by atoms with Crippen LogP contribution in [0.1, 0.15) is 25.2 Å². The van der Waals surface area contributed by atoms with Crippen LogP contribution >= 0.6 is 11.5 Å². The van der Waals surface area contributed by atoms with Crippen LogP contribution in [0, 0.1) is 18.3 Å². The minimum Gasteiger partial charge on any atom is -0.490 e. The van der Waals surface area contributed by atoms with Gasteiger partial charge in [-0.25, -0.2) is 4.98 Å². The number of aromatic nitrogens is 2. The van der Waals surface area contributed by atoms with Crippen molar-refractivity contribution in [2.24, 2.45) is 0 Å². The Morgan fingerprint density at radius 3 is 2.72 bits per heavy atom. The van der Waals surface area contributed by atoms with Crippen molar-refractivity contribution in [3.8, 4) is 22.4 Å². The molecule has 0 bridgehead atoms. The molecule has 1 aromatic heterocycles. The van der Waals surface area contributed by atoms with Crippen molar-refractivity contribution in [3.63, 3.8) is 0 Å². The third-order valence-electron chi connectivity index (χ3n) is 2.24. The van der Waals surface area contributed by atoms with Crippen molar-refractivity contribution < 1.29 is 4.74 Å². The van der Waals surface area contributed by atoms with Crippen LogP contribution in [0.25, 0.3) is 10.6 Å². The van der Waals surface area contributed by atoms with Crippen molar-refractivity contribution in [1.82, 2.24) is 9.36 Å². The maximum Gasteiger partial charge on any atom is 0.144 e. The first-order chi connectivity index (χ1) is 8.60. The molecule has 0 fully saturated rings. The highest BCUT2D eigenvalue weighted by Crippen LogP contribution is 2.27. The van der Waals surface area contributed by atoms with E-state index in [4.69, 9.17) is 10.00 Å². The Labute approximate surface area is 110 Å². The van der Waals surface area contributed by atoms with E-state index in [1.165, 1.54) is 11.5 Å². The SMILES string of the molecule is Cc1nsc(-c2ccc(OC(C)C)c(C#N)c2)n1. The minimum absolute atomic E-state index is 0.0479. The summed E-state index contributed by atoms with van der Waals surface area (Å²) in [5.41, 5.74) is 1.42. The lowest BCUT2D eigenvalue weighted by Crippen LogP contribution is -2.06. The Balaban J connectivity index is 2.39. The average molecular weight is 259 g/mol. The van der Waals surface area contributed by atoms with Crippen LogP contribution in [0.3, 0.4) is 0 Å². The molecule has 0 aliphatic heterocycles. The third-order valence-corrected chi connectivity index (χ3v) is 3.09. The van der Waals surface area contributed by atoms with Crippen LogP contribution in [0.4, 0.5) is 0 Å². The van der Waals surface area contributed by atoms with E-state index < -0.39 is 0 Å². The predicted molar refractivity (Wildman–Crippen MR) is 70.6 cm³/mol. The molecule has 0 saturated heterocycles. The van der Waals surface area contributed by atoms with Gasteiger partial charge in [0, 0.05) is 5.56 Å². The van der Waals surface area contributed by atoms with Gasteiger partial charge in [0.1, 0.15) is 22.7 Å². The van der Waals surface area contributed by atoms with Gasteiger partial charge in [0.25, 0.3) is 0 Å². The summed E-state index contributed by atoms with van der Waals surface area (Å²) in [5, 5.41) is 9.96. The zero-order valence-corrected chi connectivity index (χ0v) is 11.3. The van der Waals surface area contributed by atoms with E-state index in [9.17, 15) is 0 Å². The summed E-state index contributed by atoms with van der Waals surface area (Å²) in [5.74, 6) is 1.36. The maximum atomic E-state index is 9.15.